The first-order chi connectivity index (χ1) is 10.1. The Morgan fingerprint density at radius 2 is 1.86 bits per heavy atom. The second-order valence-corrected chi connectivity index (χ2v) is 6.10. The van der Waals surface area contributed by atoms with Gasteiger partial charge in [-0.05, 0) is 55.7 Å². The largest absolute Gasteiger partial charge is 0.494 e. The van der Waals surface area contributed by atoms with Gasteiger partial charge in [0, 0.05) is 16.2 Å². The van der Waals surface area contributed by atoms with E-state index >= 15 is 0 Å². The Morgan fingerprint density at radius 3 is 2.48 bits per heavy atom. The van der Waals surface area contributed by atoms with Crippen molar-refractivity contribution in [3.05, 3.63) is 58.1 Å². The zero-order valence-corrected chi connectivity index (χ0v) is 14.4. The van der Waals surface area contributed by atoms with E-state index in [1.54, 1.807) is 0 Å². The minimum atomic E-state index is 0.250. The fourth-order valence-electron chi connectivity index (χ4n) is 2.09. The van der Waals surface area contributed by atoms with Crippen LogP contribution in [0.3, 0.4) is 0 Å². The lowest BCUT2D eigenvalue weighted by Crippen LogP contribution is -2.06. The molecule has 0 aliphatic rings. The predicted molar refractivity (Wildman–Crippen MR) is 93.1 cm³/mol. The maximum atomic E-state index is 5.61. The summed E-state index contributed by atoms with van der Waals surface area (Å²) >= 11 is 3.57. The molecule has 1 unspecified atom stereocenters. The number of rotatable bonds is 6. The van der Waals surface area contributed by atoms with Crippen LogP contribution in [0.2, 0.25) is 0 Å². The lowest BCUT2D eigenvalue weighted by molar-refractivity contribution is 0.317. The first-order valence-corrected chi connectivity index (χ1v) is 8.15. The molecular formula is C18H22BrNO. The molecule has 0 saturated heterocycles. The summed E-state index contributed by atoms with van der Waals surface area (Å²) in [6.07, 6.45) is 1.03. The molecule has 1 N–H and O–H groups in total. The van der Waals surface area contributed by atoms with E-state index in [-0.39, 0.29) is 6.04 Å². The number of hydrogen-bond acceptors (Lipinski definition) is 2. The summed E-state index contributed by atoms with van der Waals surface area (Å²) in [4.78, 5) is 0. The minimum Gasteiger partial charge on any atom is -0.494 e. The lowest BCUT2D eigenvalue weighted by atomic mass is 10.1. The van der Waals surface area contributed by atoms with Gasteiger partial charge in [-0.3, -0.25) is 0 Å². The Kier molecular flexibility index (Phi) is 5.68. The molecule has 2 rings (SSSR count). The van der Waals surface area contributed by atoms with Crippen LogP contribution in [0.15, 0.2) is 46.9 Å². The van der Waals surface area contributed by atoms with Crippen LogP contribution >= 0.6 is 15.9 Å². The summed E-state index contributed by atoms with van der Waals surface area (Å²) in [6.45, 7) is 7.13. The number of anilines is 1. The Labute approximate surface area is 135 Å². The molecule has 3 heteroatoms. The number of ether oxygens (including phenoxy) is 1. The van der Waals surface area contributed by atoms with Crippen molar-refractivity contribution in [3.63, 3.8) is 0 Å². The third-order valence-electron chi connectivity index (χ3n) is 3.41. The number of hydrogen-bond donors (Lipinski definition) is 1. The molecule has 0 amide bonds. The third kappa shape index (κ3) is 4.50. The van der Waals surface area contributed by atoms with Gasteiger partial charge in [0.25, 0.3) is 0 Å². The van der Waals surface area contributed by atoms with Crippen molar-refractivity contribution in [1.82, 2.24) is 0 Å². The van der Waals surface area contributed by atoms with Gasteiger partial charge >= 0.3 is 0 Å². The highest BCUT2D eigenvalue weighted by atomic mass is 79.9. The van der Waals surface area contributed by atoms with Gasteiger partial charge in [0.2, 0.25) is 0 Å². The molecule has 1 atom stereocenters. The Hall–Kier alpha value is -1.48. The van der Waals surface area contributed by atoms with Crippen LogP contribution in [0.5, 0.6) is 5.75 Å². The van der Waals surface area contributed by atoms with Crippen LogP contribution in [0, 0.1) is 6.92 Å². The monoisotopic (exact) mass is 347 g/mol. The van der Waals surface area contributed by atoms with E-state index in [0.29, 0.717) is 0 Å². The normalized spacial score (nSPS) is 12.0. The zero-order valence-electron chi connectivity index (χ0n) is 12.8. The molecule has 0 aliphatic carbocycles. The Balaban J connectivity index is 2.02. The molecule has 0 bridgehead atoms. The number of aryl methyl sites for hydroxylation is 1. The van der Waals surface area contributed by atoms with Gasteiger partial charge in [-0.1, -0.05) is 41.1 Å². The maximum Gasteiger partial charge on any atom is 0.119 e. The van der Waals surface area contributed by atoms with Gasteiger partial charge in [0.15, 0.2) is 0 Å². The Bertz CT molecular complexity index is 580. The first kappa shape index (κ1) is 15.9. The quantitative estimate of drug-likeness (QED) is 0.721. The highest BCUT2D eigenvalue weighted by Crippen LogP contribution is 2.25. The molecule has 0 aromatic heterocycles. The third-order valence-corrected chi connectivity index (χ3v) is 4.26. The molecule has 0 fully saturated rings. The van der Waals surface area contributed by atoms with E-state index < -0.39 is 0 Å². The predicted octanol–water partition coefficient (Wildman–Crippen LogP) is 5.72. The summed E-state index contributed by atoms with van der Waals surface area (Å²) < 4.78 is 6.74. The molecule has 0 aliphatic heterocycles. The van der Waals surface area contributed by atoms with Crippen molar-refractivity contribution in [3.8, 4) is 5.75 Å². The lowest BCUT2D eigenvalue weighted by Gasteiger charge is -2.17. The summed E-state index contributed by atoms with van der Waals surface area (Å²) in [5.41, 5.74) is 3.60. The topological polar surface area (TPSA) is 21.3 Å². The average molecular weight is 348 g/mol. The van der Waals surface area contributed by atoms with Gasteiger partial charge in [-0.25, -0.2) is 0 Å². The van der Waals surface area contributed by atoms with Crippen LogP contribution in [0.1, 0.15) is 37.4 Å². The minimum absolute atomic E-state index is 0.250. The molecule has 112 valence electrons. The summed E-state index contributed by atoms with van der Waals surface area (Å²) in [5, 5.41) is 3.52. The van der Waals surface area contributed by atoms with Crippen LogP contribution in [-0.4, -0.2) is 6.61 Å². The van der Waals surface area contributed by atoms with Gasteiger partial charge in [-0.15, -0.1) is 0 Å². The van der Waals surface area contributed by atoms with E-state index in [1.165, 1.54) is 11.1 Å². The van der Waals surface area contributed by atoms with Crippen LogP contribution in [-0.2, 0) is 0 Å². The molecule has 2 aromatic carbocycles. The second kappa shape index (κ2) is 7.51. The average Bonchev–Trinajstić information content (AvgIpc) is 2.49. The van der Waals surface area contributed by atoms with Crippen molar-refractivity contribution >= 4 is 21.6 Å². The van der Waals surface area contributed by atoms with Crippen LogP contribution in [0.25, 0.3) is 0 Å². The molecule has 0 heterocycles. The fraction of sp³-hybridized carbons (Fsp3) is 0.333. The molecular weight excluding hydrogens is 326 g/mol. The van der Waals surface area contributed by atoms with E-state index in [4.69, 9.17) is 4.74 Å². The highest BCUT2D eigenvalue weighted by molar-refractivity contribution is 9.10. The van der Waals surface area contributed by atoms with E-state index in [0.717, 1.165) is 28.9 Å². The molecule has 21 heavy (non-hydrogen) atoms. The number of nitrogens with one attached hydrogen (secondary N) is 1. The molecule has 2 nitrogen and oxygen atoms in total. The van der Waals surface area contributed by atoms with E-state index in [2.05, 4.69) is 72.3 Å². The van der Waals surface area contributed by atoms with Crippen molar-refractivity contribution < 1.29 is 4.74 Å². The van der Waals surface area contributed by atoms with Crippen molar-refractivity contribution in [2.45, 2.75) is 33.2 Å². The molecule has 2 aromatic rings. The fourth-order valence-corrected chi connectivity index (χ4v) is 2.47. The standard InChI is InChI=1S/C18H22BrNO/c1-4-11-21-17-9-6-15(7-10-17)14(3)20-16-8-5-13(2)18(19)12-16/h5-10,12,14,20H,4,11H2,1-3H3. The van der Waals surface area contributed by atoms with Crippen LogP contribution in [0.4, 0.5) is 5.69 Å². The summed E-state index contributed by atoms with van der Waals surface area (Å²) in [5.74, 6) is 0.936. The number of halogens is 1. The van der Waals surface area contributed by atoms with Gasteiger partial charge in [-0.2, -0.15) is 0 Å². The number of benzene rings is 2. The van der Waals surface area contributed by atoms with Crippen molar-refractivity contribution in [2.75, 3.05) is 11.9 Å². The molecule has 0 saturated carbocycles. The van der Waals surface area contributed by atoms with Crippen molar-refractivity contribution in [2.24, 2.45) is 0 Å². The van der Waals surface area contributed by atoms with Crippen molar-refractivity contribution in [1.29, 1.82) is 0 Å². The SMILES string of the molecule is CCCOc1ccc(C(C)Nc2ccc(C)c(Br)c2)cc1. The molecule has 0 spiro atoms. The summed E-state index contributed by atoms with van der Waals surface area (Å²) in [6, 6.07) is 14.9. The maximum absolute atomic E-state index is 5.61. The second-order valence-electron chi connectivity index (χ2n) is 5.25. The summed E-state index contributed by atoms with van der Waals surface area (Å²) in [7, 11) is 0. The van der Waals surface area contributed by atoms with Gasteiger partial charge < -0.3 is 10.1 Å². The van der Waals surface area contributed by atoms with E-state index in [1.807, 2.05) is 12.1 Å². The van der Waals surface area contributed by atoms with Gasteiger partial charge in [0.05, 0.1) is 6.61 Å². The zero-order chi connectivity index (χ0) is 15.2. The highest BCUT2D eigenvalue weighted by Gasteiger charge is 2.06. The first-order valence-electron chi connectivity index (χ1n) is 7.35. The van der Waals surface area contributed by atoms with Crippen LogP contribution < -0.4 is 10.1 Å². The Morgan fingerprint density at radius 1 is 1.14 bits per heavy atom. The van der Waals surface area contributed by atoms with Gasteiger partial charge in [0.1, 0.15) is 5.75 Å². The molecule has 0 radical (unpaired) electrons. The van der Waals surface area contributed by atoms with E-state index in [9.17, 15) is 0 Å². The smallest absolute Gasteiger partial charge is 0.119 e.